The summed E-state index contributed by atoms with van der Waals surface area (Å²) in [5, 5.41) is 1.61. The number of aryl methyl sites for hydroxylation is 1. The third-order valence-electron chi connectivity index (χ3n) is 2.67. The van der Waals surface area contributed by atoms with Crippen molar-refractivity contribution in [1.82, 2.24) is 4.98 Å². The van der Waals surface area contributed by atoms with Crippen molar-refractivity contribution in [1.29, 1.82) is 0 Å². The van der Waals surface area contributed by atoms with Crippen molar-refractivity contribution in [3.05, 3.63) is 34.5 Å². The van der Waals surface area contributed by atoms with Crippen LogP contribution in [-0.4, -0.2) is 4.98 Å². The Morgan fingerprint density at radius 3 is 2.80 bits per heavy atom. The number of aromatic nitrogens is 1. The minimum absolute atomic E-state index is 0.657. The summed E-state index contributed by atoms with van der Waals surface area (Å²) >= 11 is 6.08. The number of hydrogen-bond acceptors (Lipinski definition) is 2. The topological polar surface area (TPSA) is 38.9 Å². The Labute approximate surface area is 94.1 Å². The van der Waals surface area contributed by atoms with Gasteiger partial charge in [0.15, 0.2) is 0 Å². The second-order valence-electron chi connectivity index (χ2n) is 3.58. The summed E-state index contributed by atoms with van der Waals surface area (Å²) in [5.41, 5.74) is 9.79. The molecule has 2 rings (SSSR count). The van der Waals surface area contributed by atoms with Crippen LogP contribution in [-0.2, 0) is 6.42 Å². The molecule has 15 heavy (non-hydrogen) atoms. The van der Waals surface area contributed by atoms with E-state index in [1.807, 2.05) is 25.1 Å². The van der Waals surface area contributed by atoms with Gasteiger partial charge >= 0.3 is 0 Å². The van der Waals surface area contributed by atoms with Crippen LogP contribution in [0.1, 0.15) is 18.2 Å². The van der Waals surface area contributed by atoms with Crippen molar-refractivity contribution in [3.8, 4) is 0 Å². The molecule has 0 atom stereocenters. The van der Waals surface area contributed by atoms with Crippen LogP contribution in [0.25, 0.3) is 10.9 Å². The van der Waals surface area contributed by atoms with E-state index in [9.17, 15) is 0 Å². The third-order valence-corrected chi connectivity index (χ3v) is 2.98. The molecule has 2 aromatic rings. The second-order valence-corrected chi connectivity index (χ2v) is 3.99. The molecule has 0 saturated heterocycles. The molecule has 0 aliphatic heterocycles. The van der Waals surface area contributed by atoms with E-state index in [-0.39, 0.29) is 0 Å². The number of fused-ring (bicyclic) bond motifs is 1. The normalized spacial score (nSPS) is 10.9. The number of nitrogens with two attached hydrogens (primary N) is 1. The Bertz CT molecular complexity index is 521. The van der Waals surface area contributed by atoms with E-state index in [0.717, 1.165) is 34.3 Å². The Hall–Kier alpha value is -1.28. The predicted molar refractivity (Wildman–Crippen MR) is 65.3 cm³/mol. The van der Waals surface area contributed by atoms with Gasteiger partial charge < -0.3 is 5.73 Å². The minimum Gasteiger partial charge on any atom is -0.398 e. The molecule has 3 heteroatoms. The van der Waals surface area contributed by atoms with Crippen LogP contribution in [0.2, 0.25) is 5.02 Å². The van der Waals surface area contributed by atoms with Gasteiger partial charge in [-0.2, -0.15) is 0 Å². The van der Waals surface area contributed by atoms with Crippen LogP contribution < -0.4 is 5.73 Å². The lowest BCUT2D eigenvalue weighted by Crippen LogP contribution is -2.00. The molecule has 1 aromatic carbocycles. The zero-order chi connectivity index (χ0) is 11.0. The highest BCUT2D eigenvalue weighted by Gasteiger charge is 2.09. The highest BCUT2D eigenvalue weighted by Crippen LogP contribution is 2.29. The van der Waals surface area contributed by atoms with Crippen molar-refractivity contribution in [2.24, 2.45) is 0 Å². The fourth-order valence-electron chi connectivity index (χ4n) is 1.89. The number of nitrogens with zero attached hydrogens (tertiary/aromatic N) is 1. The van der Waals surface area contributed by atoms with E-state index in [1.54, 1.807) is 0 Å². The molecule has 0 saturated carbocycles. The molecule has 1 heterocycles. The Balaban J connectivity index is 2.91. The summed E-state index contributed by atoms with van der Waals surface area (Å²) < 4.78 is 0. The van der Waals surface area contributed by atoms with Crippen molar-refractivity contribution in [2.45, 2.75) is 20.3 Å². The number of benzene rings is 1. The maximum Gasteiger partial charge on any atom is 0.0912 e. The van der Waals surface area contributed by atoms with Crippen molar-refractivity contribution >= 4 is 28.2 Å². The molecule has 0 bridgehead atoms. The molecule has 0 radical (unpaired) electrons. The largest absolute Gasteiger partial charge is 0.398 e. The quantitative estimate of drug-likeness (QED) is 0.801. The summed E-state index contributed by atoms with van der Waals surface area (Å²) in [4.78, 5) is 4.49. The average Bonchev–Trinajstić information content (AvgIpc) is 2.20. The number of nitrogen functional groups attached to an aromatic ring is 1. The molecule has 0 spiro atoms. The molecule has 0 aliphatic carbocycles. The second kappa shape index (κ2) is 3.70. The molecule has 0 fully saturated rings. The van der Waals surface area contributed by atoms with E-state index in [1.165, 1.54) is 0 Å². The number of rotatable bonds is 1. The average molecular weight is 221 g/mol. The van der Waals surface area contributed by atoms with E-state index in [2.05, 4.69) is 11.9 Å². The first kappa shape index (κ1) is 10.2. The molecule has 1 aromatic heterocycles. The number of halogens is 1. The summed E-state index contributed by atoms with van der Waals surface area (Å²) in [7, 11) is 0. The Morgan fingerprint density at radius 1 is 1.40 bits per heavy atom. The van der Waals surface area contributed by atoms with E-state index in [4.69, 9.17) is 17.3 Å². The highest BCUT2D eigenvalue weighted by molar-refractivity contribution is 6.35. The maximum absolute atomic E-state index is 6.10. The molecular weight excluding hydrogens is 208 g/mol. The molecule has 0 aliphatic rings. The molecule has 78 valence electrons. The van der Waals surface area contributed by atoms with E-state index in [0.29, 0.717) is 5.02 Å². The number of anilines is 1. The lowest BCUT2D eigenvalue weighted by atomic mass is 10.0. The van der Waals surface area contributed by atoms with Gasteiger partial charge in [0.05, 0.1) is 10.5 Å². The lowest BCUT2D eigenvalue weighted by Gasteiger charge is -2.10. The highest BCUT2D eigenvalue weighted by atomic mass is 35.5. The first-order valence-corrected chi connectivity index (χ1v) is 5.36. The fourth-order valence-corrected chi connectivity index (χ4v) is 2.10. The minimum atomic E-state index is 0.657. The van der Waals surface area contributed by atoms with Crippen molar-refractivity contribution < 1.29 is 0 Å². The first-order valence-electron chi connectivity index (χ1n) is 4.98. The van der Waals surface area contributed by atoms with Crippen LogP contribution in [0.3, 0.4) is 0 Å². The van der Waals surface area contributed by atoms with Gasteiger partial charge in [0.1, 0.15) is 0 Å². The fraction of sp³-hybridized carbons (Fsp3) is 0.250. The zero-order valence-corrected chi connectivity index (χ0v) is 9.60. The van der Waals surface area contributed by atoms with Gasteiger partial charge in [-0.1, -0.05) is 30.7 Å². The number of para-hydroxylation sites is 1. The van der Waals surface area contributed by atoms with Crippen molar-refractivity contribution in [2.75, 3.05) is 5.73 Å². The number of pyridine rings is 1. The predicted octanol–water partition coefficient (Wildman–Crippen LogP) is 3.34. The molecular formula is C12H13ClN2. The Morgan fingerprint density at radius 2 is 2.13 bits per heavy atom. The zero-order valence-electron chi connectivity index (χ0n) is 8.84. The Kier molecular flexibility index (Phi) is 2.53. The van der Waals surface area contributed by atoms with Crippen LogP contribution in [0.5, 0.6) is 0 Å². The smallest absolute Gasteiger partial charge is 0.0912 e. The SMILES string of the molecule is CCc1c(C)nc2c(Cl)cccc2c1N. The van der Waals surface area contributed by atoms with Crippen LogP contribution in [0, 0.1) is 6.92 Å². The first-order chi connectivity index (χ1) is 7.15. The molecule has 2 N–H and O–H groups in total. The number of hydrogen-bond donors (Lipinski definition) is 1. The van der Waals surface area contributed by atoms with Gasteiger partial charge in [0.2, 0.25) is 0 Å². The molecule has 0 amide bonds. The van der Waals surface area contributed by atoms with E-state index >= 15 is 0 Å². The van der Waals surface area contributed by atoms with Crippen LogP contribution >= 0.6 is 11.6 Å². The van der Waals surface area contributed by atoms with Gasteiger partial charge in [0, 0.05) is 16.8 Å². The van der Waals surface area contributed by atoms with Crippen LogP contribution in [0.4, 0.5) is 5.69 Å². The molecule has 2 nitrogen and oxygen atoms in total. The van der Waals surface area contributed by atoms with E-state index < -0.39 is 0 Å². The van der Waals surface area contributed by atoms with Gasteiger partial charge in [-0.05, 0) is 25.0 Å². The summed E-state index contributed by atoms with van der Waals surface area (Å²) in [6.07, 6.45) is 0.896. The van der Waals surface area contributed by atoms with Gasteiger partial charge in [0.25, 0.3) is 0 Å². The third kappa shape index (κ3) is 1.55. The van der Waals surface area contributed by atoms with Gasteiger partial charge in [-0.15, -0.1) is 0 Å². The molecule has 0 unspecified atom stereocenters. The van der Waals surface area contributed by atoms with Gasteiger partial charge in [-0.25, -0.2) is 0 Å². The standard InChI is InChI=1S/C12H13ClN2/c1-3-8-7(2)15-12-9(11(8)14)5-4-6-10(12)13/h4-6H,3H2,1-2H3,(H2,14,15). The van der Waals surface area contributed by atoms with Gasteiger partial charge in [-0.3, -0.25) is 4.98 Å². The summed E-state index contributed by atoms with van der Waals surface area (Å²) in [6, 6.07) is 5.70. The van der Waals surface area contributed by atoms with Crippen molar-refractivity contribution in [3.63, 3.8) is 0 Å². The summed E-state index contributed by atoms with van der Waals surface area (Å²) in [5.74, 6) is 0. The summed E-state index contributed by atoms with van der Waals surface area (Å²) in [6.45, 7) is 4.05. The maximum atomic E-state index is 6.10. The van der Waals surface area contributed by atoms with Crippen LogP contribution in [0.15, 0.2) is 18.2 Å². The lowest BCUT2D eigenvalue weighted by molar-refractivity contribution is 1.07. The monoisotopic (exact) mass is 220 g/mol.